The lowest BCUT2D eigenvalue weighted by atomic mass is 9.79. The molecule has 0 radical (unpaired) electrons. The van der Waals surface area contributed by atoms with Crippen LogP contribution in [0.4, 0.5) is 4.39 Å². The van der Waals surface area contributed by atoms with Crippen LogP contribution >= 0.6 is 0 Å². The van der Waals surface area contributed by atoms with Gasteiger partial charge in [0.1, 0.15) is 11.6 Å². The molecule has 1 nitrogen and oxygen atoms in total. The summed E-state index contributed by atoms with van der Waals surface area (Å²) in [5.41, 5.74) is 1.56. The predicted molar refractivity (Wildman–Crippen MR) is 83.8 cm³/mol. The number of ketones is 1. The lowest BCUT2D eigenvalue weighted by Crippen LogP contribution is -2.29. The summed E-state index contributed by atoms with van der Waals surface area (Å²) < 4.78 is 13.0. The van der Waals surface area contributed by atoms with Crippen molar-refractivity contribution >= 4 is 5.78 Å². The molecule has 0 fully saturated rings. The quantitative estimate of drug-likeness (QED) is 0.751. The standard InChI is InChI=1S/C19H21FO/c1-19(2,16-11-13-17(20)14-12-16)18(21)10-6-9-15-7-4-3-5-8-15/h3-5,7-8,11-14H,6,9-10H2,1-2H3. The van der Waals surface area contributed by atoms with Crippen LogP contribution in [0.2, 0.25) is 0 Å². The van der Waals surface area contributed by atoms with E-state index in [1.165, 1.54) is 17.7 Å². The van der Waals surface area contributed by atoms with E-state index in [0.29, 0.717) is 6.42 Å². The first kappa shape index (κ1) is 15.4. The fraction of sp³-hybridized carbons (Fsp3) is 0.316. The van der Waals surface area contributed by atoms with Crippen LogP contribution in [0.1, 0.15) is 37.8 Å². The van der Waals surface area contributed by atoms with E-state index in [1.54, 1.807) is 12.1 Å². The molecule has 0 heterocycles. The Bertz CT molecular complexity index is 585. The second kappa shape index (κ2) is 6.66. The van der Waals surface area contributed by atoms with E-state index >= 15 is 0 Å². The van der Waals surface area contributed by atoms with Crippen LogP contribution in [-0.2, 0) is 16.6 Å². The minimum atomic E-state index is -0.565. The second-order valence-corrected chi connectivity index (χ2v) is 5.89. The van der Waals surface area contributed by atoms with E-state index in [1.807, 2.05) is 32.0 Å². The first-order chi connectivity index (χ1) is 10.00. The fourth-order valence-electron chi connectivity index (χ4n) is 2.44. The van der Waals surface area contributed by atoms with Crippen LogP contribution in [0.25, 0.3) is 0 Å². The number of benzene rings is 2. The first-order valence-electron chi connectivity index (χ1n) is 7.33. The molecule has 21 heavy (non-hydrogen) atoms. The summed E-state index contributed by atoms with van der Waals surface area (Å²) in [4.78, 5) is 12.4. The van der Waals surface area contributed by atoms with Gasteiger partial charge in [0.2, 0.25) is 0 Å². The number of carbonyl (C=O) groups excluding carboxylic acids is 1. The third-order valence-corrected chi connectivity index (χ3v) is 3.98. The van der Waals surface area contributed by atoms with Gasteiger partial charge in [-0.25, -0.2) is 4.39 Å². The molecule has 0 saturated heterocycles. The van der Waals surface area contributed by atoms with E-state index < -0.39 is 5.41 Å². The number of hydrogen-bond acceptors (Lipinski definition) is 1. The van der Waals surface area contributed by atoms with Gasteiger partial charge in [-0.2, -0.15) is 0 Å². The van der Waals surface area contributed by atoms with Gasteiger partial charge >= 0.3 is 0 Å². The molecule has 0 aliphatic carbocycles. The van der Waals surface area contributed by atoms with Crippen molar-refractivity contribution in [2.75, 3.05) is 0 Å². The number of aryl methyl sites for hydroxylation is 1. The van der Waals surface area contributed by atoms with Gasteiger partial charge in [-0.3, -0.25) is 4.79 Å². The topological polar surface area (TPSA) is 17.1 Å². The molecule has 0 aliphatic heterocycles. The molecular formula is C19H21FO. The van der Waals surface area contributed by atoms with Crippen molar-refractivity contribution in [2.45, 2.75) is 38.5 Å². The van der Waals surface area contributed by atoms with Crippen molar-refractivity contribution in [1.82, 2.24) is 0 Å². The highest BCUT2D eigenvalue weighted by atomic mass is 19.1. The largest absolute Gasteiger partial charge is 0.299 e. The Balaban J connectivity index is 1.94. The summed E-state index contributed by atoms with van der Waals surface area (Å²) >= 11 is 0. The summed E-state index contributed by atoms with van der Waals surface area (Å²) in [6, 6.07) is 16.4. The van der Waals surface area contributed by atoms with Gasteiger partial charge in [-0.15, -0.1) is 0 Å². The van der Waals surface area contributed by atoms with E-state index in [-0.39, 0.29) is 11.6 Å². The van der Waals surface area contributed by atoms with Crippen LogP contribution in [0.3, 0.4) is 0 Å². The third kappa shape index (κ3) is 4.01. The van der Waals surface area contributed by atoms with Gasteiger partial charge in [0.15, 0.2) is 0 Å². The zero-order valence-corrected chi connectivity index (χ0v) is 12.6. The van der Waals surface area contributed by atoms with Crippen molar-refractivity contribution in [2.24, 2.45) is 0 Å². The highest BCUT2D eigenvalue weighted by Gasteiger charge is 2.28. The van der Waals surface area contributed by atoms with E-state index in [2.05, 4.69) is 12.1 Å². The number of rotatable bonds is 6. The molecule has 110 valence electrons. The maximum absolute atomic E-state index is 13.0. The van der Waals surface area contributed by atoms with Crippen molar-refractivity contribution in [3.8, 4) is 0 Å². The summed E-state index contributed by atoms with van der Waals surface area (Å²) in [7, 11) is 0. The first-order valence-corrected chi connectivity index (χ1v) is 7.33. The average Bonchev–Trinajstić information content (AvgIpc) is 2.48. The summed E-state index contributed by atoms with van der Waals surface area (Å²) in [6.07, 6.45) is 2.29. The second-order valence-electron chi connectivity index (χ2n) is 5.89. The number of halogens is 1. The minimum Gasteiger partial charge on any atom is -0.299 e. The summed E-state index contributed by atoms with van der Waals surface area (Å²) in [5, 5.41) is 0. The maximum Gasteiger partial charge on any atom is 0.142 e. The van der Waals surface area contributed by atoms with Crippen molar-refractivity contribution < 1.29 is 9.18 Å². The molecule has 0 N–H and O–H groups in total. The lowest BCUT2D eigenvalue weighted by molar-refractivity contribution is -0.123. The maximum atomic E-state index is 13.0. The molecular weight excluding hydrogens is 263 g/mol. The van der Waals surface area contributed by atoms with Crippen LogP contribution in [0.5, 0.6) is 0 Å². The molecule has 0 amide bonds. The smallest absolute Gasteiger partial charge is 0.142 e. The Morgan fingerprint density at radius 3 is 2.24 bits per heavy atom. The third-order valence-electron chi connectivity index (χ3n) is 3.98. The molecule has 0 aromatic heterocycles. The van der Waals surface area contributed by atoms with Gasteiger partial charge in [-0.1, -0.05) is 42.5 Å². The Labute approximate surface area is 125 Å². The molecule has 0 unspecified atom stereocenters. The minimum absolute atomic E-state index is 0.199. The number of carbonyl (C=O) groups is 1. The van der Waals surface area contributed by atoms with Gasteiger partial charge in [0, 0.05) is 11.8 Å². The Kier molecular flexibility index (Phi) is 4.89. The molecule has 2 aromatic carbocycles. The Hall–Kier alpha value is -1.96. The predicted octanol–water partition coefficient (Wildman–Crippen LogP) is 4.70. The molecule has 0 saturated carbocycles. The van der Waals surface area contributed by atoms with Gasteiger partial charge in [0.25, 0.3) is 0 Å². The Morgan fingerprint density at radius 2 is 1.62 bits per heavy atom. The van der Waals surface area contributed by atoms with Crippen molar-refractivity contribution in [1.29, 1.82) is 0 Å². The van der Waals surface area contributed by atoms with Crippen LogP contribution in [0.15, 0.2) is 54.6 Å². The average molecular weight is 284 g/mol. The van der Waals surface area contributed by atoms with E-state index in [9.17, 15) is 9.18 Å². The van der Waals surface area contributed by atoms with Crippen LogP contribution in [0, 0.1) is 5.82 Å². The molecule has 0 spiro atoms. The summed E-state index contributed by atoms with van der Waals surface area (Å²) in [5.74, 6) is -0.0730. The SMILES string of the molecule is CC(C)(C(=O)CCCc1ccccc1)c1ccc(F)cc1. The molecule has 2 heteroatoms. The molecule has 2 rings (SSSR count). The highest BCUT2D eigenvalue weighted by molar-refractivity contribution is 5.89. The van der Waals surface area contributed by atoms with Crippen LogP contribution in [-0.4, -0.2) is 5.78 Å². The van der Waals surface area contributed by atoms with Gasteiger partial charge < -0.3 is 0 Å². The number of Topliss-reactive ketones (excluding diaryl/α,β-unsaturated/α-hetero) is 1. The van der Waals surface area contributed by atoms with Crippen LogP contribution < -0.4 is 0 Å². The number of hydrogen-bond donors (Lipinski definition) is 0. The highest BCUT2D eigenvalue weighted by Crippen LogP contribution is 2.26. The molecule has 2 aromatic rings. The van der Waals surface area contributed by atoms with Gasteiger partial charge in [0.05, 0.1) is 0 Å². The van der Waals surface area contributed by atoms with Crippen molar-refractivity contribution in [3.05, 3.63) is 71.5 Å². The fourth-order valence-corrected chi connectivity index (χ4v) is 2.44. The molecule has 0 aliphatic rings. The van der Waals surface area contributed by atoms with Gasteiger partial charge in [-0.05, 0) is 49.9 Å². The molecule has 0 bridgehead atoms. The Morgan fingerprint density at radius 1 is 1.00 bits per heavy atom. The normalized spacial score (nSPS) is 11.4. The summed E-state index contributed by atoms with van der Waals surface area (Å²) in [6.45, 7) is 3.82. The lowest BCUT2D eigenvalue weighted by Gasteiger charge is -2.23. The zero-order chi connectivity index (χ0) is 15.3. The molecule has 0 atom stereocenters. The monoisotopic (exact) mass is 284 g/mol. The van der Waals surface area contributed by atoms with E-state index in [0.717, 1.165) is 18.4 Å². The van der Waals surface area contributed by atoms with Crippen molar-refractivity contribution in [3.63, 3.8) is 0 Å². The van der Waals surface area contributed by atoms with E-state index in [4.69, 9.17) is 0 Å². The zero-order valence-electron chi connectivity index (χ0n) is 12.6.